The molecule has 0 radical (unpaired) electrons. The Morgan fingerprint density at radius 2 is 2.24 bits per heavy atom. The first-order valence-corrected chi connectivity index (χ1v) is 7.70. The molecule has 1 saturated carbocycles. The van der Waals surface area contributed by atoms with Crippen LogP contribution in [0.1, 0.15) is 30.6 Å². The van der Waals surface area contributed by atoms with Crippen LogP contribution in [0.3, 0.4) is 0 Å². The van der Waals surface area contributed by atoms with Crippen LogP contribution in [0.15, 0.2) is 23.6 Å². The quantitative estimate of drug-likeness (QED) is 0.783. The molecule has 0 aromatic carbocycles. The zero-order valence-electron chi connectivity index (χ0n) is 10.3. The zero-order chi connectivity index (χ0) is 11.5. The Kier molecular flexibility index (Phi) is 3.62. The lowest BCUT2D eigenvalue weighted by molar-refractivity contribution is 0.260. The van der Waals surface area contributed by atoms with Crippen molar-refractivity contribution >= 4 is 17.4 Å². The van der Waals surface area contributed by atoms with Crippen molar-refractivity contribution in [2.24, 2.45) is 11.8 Å². The molecule has 2 unspecified atom stereocenters. The van der Waals surface area contributed by atoms with Crippen molar-refractivity contribution in [3.8, 4) is 0 Å². The SMILES string of the molecule is C(=C\c1cccs1)/CN1CCC2CCC(C2)C1. The Hall–Kier alpha value is -0.600. The summed E-state index contributed by atoms with van der Waals surface area (Å²) in [6.07, 6.45) is 10.5. The van der Waals surface area contributed by atoms with E-state index in [2.05, 4.69) is 34.6 Å². The number of nitrogens with zero attached hydrogens (tertiary/aromatic N) is 1. The average molecular weight is 247 g/mol. The molecule has 2 fully saturated rings. The monoisotopic (exact) mass is 247 g/mol. The molecule has 1 nitrogen and oxygen atoms in total. The highest BCUT2D eigenvalue weighted by atomic mass is 32.1. The maximum Gasteiger partial charge on any atom is 0.0267 e. The summed E-state index contributed by atoms with van der Waals surface area (Å²) in [5, 5.41) is 2.14. The predicted octanol–water partition coefficient (Wildman–Crippen LogP) is 3.88. The molecule has 0 amide bonds. The summed E-state index contributed by atoms with van der Waals surface area (Å²) in [4.78, 5) is 4.02. The maximum atomic E-state index is 2.65. The highest BCUT2D eigenvalue weighted by Crippen LogP contribution is 2.36. The summed E-state index contributed by atoms with van der Waals surface area (Å²) in [5.41, 5.74) is 0. The van der Waals surface area contributed by atoms with E-state index in [1.54, 1.807) is 0 Å². The lowest BCUT2D eigenvalue weighted by Crippen LogP contribution is -2.29. The second-order valence-corrected chi connectivity index (χ2v) is 6.49. The number of fused-ring (bicyclic) bond motifs is 2. The molecule has 0 N–H and O–H groups in total. The summed E-state index contributed by atoms with van der Waals surface area (Å²) in [6, 6.07) is 4.31. The van der Waals surface area contributed by atoms with Gasteiger partial charge < -0.3 is 0 Å². The van der Waals surface area contributed by atoms with Gasteiger partial charge in [0.15, 0.2) is 0 Å². The van der Waals surface area contributed by atoms with Crippen LogP contribution in [-0.4, -0.2) is 24.5 Å². The molecule has 2 aliphatic rings. The topological polar surface area (TPSA) is 3.24 Å². The molecule has 1 aromatic rings. The number of rotatable bonds is 3. The van der Waals surface area contributed by atoms with Crippen molar-refractivity contribution in [3.63, 3.8) is 0 Å². The smallest absolute Gasteiger partial charge is 0.0267 e. The van der Waals surface area contributed by atoms with Crippen LogP contribution >= 0.6 is 11.3 Å². The normalized spacial score (nSPS) is 29.9. The number of hydrogen-bond acceptors (Lipinski definition) is 2. The minimum absolute atomic E-state index is 0.998. The molecule has 2 bridgehead atoms. The minimum Gasteiger partial charge on any atom is -0.299 e. The van der Waals surface area contributed by atoms with E-state index in [1.807, 2.05) is 11.3 Å². The Labute approximate surface area is 108 Å². The van der Waals surface area contributed by atoms with Gasteiger partial charge in [-0.25, -0.2) is 0 Å². The van der Waals surface area contributed by atoms with Gasteiger partial charge in [-0.2, -0.15) is 0 Å². The van der Waals surface area contributed by atoms with Crippen LogP contribution in [-0.2, 0) is 0 Å². The van der Waals surface area contributed by atoms with E-state index in [1.165, 1.54) is 43.6 Å². The van der Waals surface area contributed by atoms with Crippen molar-refractivity contribution in [2.45, 2.75) is 25.7 Å². The Morgan fingerprint density at radius 1 is 1.29 bits per heavy atom. The van der Waals surface area contributed by atoms with Crippen LogP contribution in [0.2, 0.25) is 0 Å². The van der Waals surface area contributed by atoms with Crippen molar-refractivity contribution in [2.75, 3.05) is 19.6 Å². The number of hydrogen-bond donors (Lipinski definition) is 0. The largest absolute Gasteiger partial charge is 0.299 e. The molecule has 92 valence electrons. The Balaban J connectivity index is 1.52. The molecule has 1 saturated heterocycles. The van der Waals surface area contributed by atoms with Gasteiger partial charge in [0.1, 0.15) is 0 Å². The molecular weight excluding hydrogens is 226 g/mol. The lowest BCUT2D eigenvalue weighted by Gasteiger charge is -2.22. The minimum atomic E-state index is 0.998. The van der Waals surface area contributed by atoms with Gasteiger partial charge in [0, 0.05) is 18.0 Å². The van der Waals surface area contributed by atoms with Gasteiger partial charge in [0.05, 0.1) is 0 Å². The molecule has 1 aromatic heterocycles. The van der Waals surface area contributed by atoms with Crippen LogP contribution in [0.25, 0.3) is 6.08 Å². The van der Waals surface area contributed by atoms with Gasteiger partial charge in [0.25, 0.3) is 0 Å². The highest BCUT2D eigenvalue weighted by Gasteiger charge is 2.29. The van der Waals surface area contributed by atoms with Crippen LogP contribution in [0, 0.1) is 11.8 Å². The third-order valence-electron chi connectivity index (χ3n) is 4.21. The van der Waals surface area contributed by atoms with Crippen molar-refractivity contribution in [1.82, 2.24) is 4.90 Å². The third kappa shape index (κ3) is 2.99. The van der Waals surface area contributed by atoms with E-state index in [-0.39, 0.29) is 0 Å². The molecular formula is C15H21NS. The van der Waals surface area contributed by atoms with E-state index in [4.69, 9.17) is 0 Å². The second-order valence-electron chi connectivity index (χ2n) is 5.51. The fourth-order valence-corrected chi connectivity index (χ4v) is 3.94. The summed E-state index contributed by atoms with van der Waals surface area (Å²) < 4.78 is 0. The van der Waals surface area contributed by atoms with Crippen LogP contribution in [0.4, 0.5) is 0 Å². The summed E-state index contributed by atoms with van der Waals surface area (Å²) in [6.45, 7) is 3.79. The fraction of sp³-hybridized carbons (Fsp3) is 0.600. The van der Waals surface area contributed by atoms with Gasteiger partial charge in [0.2, 0.25) is 0 Å². The maximum absolute atomic E-state index is 2.65. The molecule has 3 rings (SSSR count). The van der Waals surface area contributed by atoms with Crippen LogP contribution in [0.5, 0.6) is 0 Å². The van der Waals surface area contributed by atoms with Gasteiger partial charge in [-0.15, -0.1) is 11.3 Å². The molecule has 1 aliphatic heterocycles. The summed E-state index contributed by atoms with van der Waals surface area (Å²) >= 11 is 1.82. The molecule has 1 aliphatic carbocycles. The number of likely N-dealkylation sites (tertiary alicyclic amines) is 1. The summed E-state index contributed by atoms with van der Waals surface area (Å²) in [5.74, 6) is 2.05. The van der Waals surface area contributed by atoms with Gasteiger partial charge >= 0.3 is 0 Å². The van der Waals surface area contributed by atoms with E-state index in [9.17, 15) is 0 Å². The first kappa shape index (κ1) is 11.5. The Bertz CT molecular complexity index is 368. The average Bonchev–Trinajstić information content (AvgIpc) is 2.91. The molecule has 2 heterocycles. The van der Waals surface area contributed by atoms with Crippen LogP contribution < -0.4 is 0 Å². The molecule has 2 heteroatoms. The van der Waals surface area contributed by atoms with Gasteiger partial charge in [-0.05, 0) is 55.2 Å². The van der Waals surface area contributed by atoms with E-state index < -0.39 is 0 Å². The molecule has 17 heavy (non-hydrogen) atoms. The standard InChI is InChI=1S/C15H21NS/c1(3-15-4-2-10-17-15)8-16-9-7-13-5-6-14(11-13)12-16/h1-4,10,13-14H,5-9,11-12H2/b3-1+. The fourth-order valence-electron chi connectivity index (χ4n) is 3.30. The van der Waals surface area contributed by atoms with E-state index in [0.29, 0.717) is 0 Å². The van der Waals surface area contributed by atoms with Crippen molar-refractivity contribution in [1.29, 1.82) is 0 Å². The van der Waals surface area contributed by atoms with Gasteiger partial charge in [-0.3, -0.25) is 4.90 Å². The first-order chi connectivity index (χ1) is 8.40. The first-order valence-electron chi connectivity index (χ1n) is 6.82. The molecule has 0 spiro atoms. The Morgan fingerprint density at radius 3 is 3.12 bits per heavy atom. The summed E-state index contributed by atoms with van der Waals surface area (Å²) in [7, 11) is 0. The number of thiophene rings is 1. The van der Waals surface area contributed by atoms with Gasteiger partial charge in [-0.1, -0.05) is 18.6 Å². The lowest BCUT2D eigenvalue weighted by atomic mass is 10.0. The van der Waals surface area contributed by atoms with Crippen molar-refractivity contribution in [3.05, 3.63) is 28.5 Å². The second kappa shape index (κ2) is 5.36. The van der Waals surface area contributed by atoms with E-state index >= 15 is 0 Å². The zero-order valence-corrected chi connectivity index (χ0v) is 11.2. The molecule has 2 atom stereocenters. The highest BCUT2D eigenvalue weighted by molar-refractivity contribution is 7.10. The van der Waals surface area contributed by atoms with E-state index in [0.717, 1.165) is 18.4 Å². The predicted molar refractivity (Wildman–Crippen MR) is 75.2 cm³/mol. The van der Waals surface area contributed by atoms with Crippen molar-refractivity contribution < 1.29 is 0 Å². The third-order valence-corrected chi connectivity index (χ3v) is 5.05.